The van der Waals surface area contributed by atoms with Crippen molar-refractivity contribution in [3.05, 3.63) is 71.8 Å². The van der Waals surface area contributed by atoms with Gasteiger partial charge < -0.3 is 24.3 Å². The molecule has 0 unspecified atom stereocenters. The van der Waals surface area contributed by atoms with Gasteiger partial charge >= 0.3 is 18.0 Å². The van der Waals surface area contributed by atoms with E-state index in [0.29, 0.717) is 13.2 Å². The van der Waals surface area contributed by atoms with E-state index in [2.05, 4.69) is 5.32 Å². The summed E-state index contributed by atoms with van der Waals surface area (Å²) in [6, 6.07) is 17.5. The van der Waals surface area contributed by atoms with Crippen molar-refractivity contribution in [2.45, 2.75) is 54.3 Å². The highest BCUT2D eigenvalue weighted by Gasteiger charge is 2.45. The minimum absolute atomic E-state index is 0.0572. The number of nitrogens with one attached hydrogen (secondary N) is 1. The molecule has 10 heteroatoms. The maximum absolute atomic E-state index is 14.3. The molecule has 1 atom stereocenters. The van der Waals surface area contributed by atoms with E-state index in [9.17, 15) is 19.2 Å². The lowest BCUT2D eigenvalue weighted by atomic mass is 9.83. The van der Waals surface area contributed by atoms with E-state index < -0.39 is 41.1 Å². The lowest BCUT2D eigenvalue weighted by Crippen LogP contribution is -2.53. The molecule has 242 valence electrons. The Bertz CT molecular complexity index is 1110. The van der Waals surface area contributed by atoms with Crippen LogP contribution in [0.3, 0.4) is 0 Å². The van der Waals surface area contributed by atoms with Gasteiger partial charge in [0.1, 0.15) is 13.2 Å². The standard InChI is InChI=1S/C34H48N2O8/c1-25(2)21-28(30(37)36(24-34(3,4)5)33(40)35-17-18-42-20-19-41-6)29(31(38)43-22-26-13-9-7-10-14-26)32(39)44-23-27-15-11-8-12-16-27/h7-16,25,28-29H,17-24H2,1-6H3,(H,35,40)/t28-/m0/s1. The Kier molecular flexibility index (Phi) is 15.6. The highest BCUT2D eigenvalue weighted by molar-refractivity contribution is 6.03. The first kappa shape index (κ1) is 36.4. The number of carbonyl (C=O) groups is 4. The predicted molar refractivity (Wildman–Crippen MR) is 166 cm³/mol. The minimum Gasteiger partial charge on any atom is -0.460 e. The molecule has 10 nitrogen and oxygen atoms in total. The highest BCUT2D eigenvalue weighted by atomic mass is 16.6. The summed E-state index contributed by atoms with van der Waals surface area (Å²) in [4.78, 5) is 56.1. The molecule has 0 fully saturated rings. The molecule has 44 heavy (non-hydrogen) atoms. The van der Waals surface area contributed by atoms with Gasteiger partial charge in [0, 0.05) is 20.2 Å². The molecule has 0 aromatic heterocycles. The second-order valence-corrected chi connectivity index (χ2v) is 12.2. The lowest BCUT2D eigenvalue weighted by Gasteiger charge is -2.33. The molecule has 2 aromatic carbocycles. The maximum atomic E-state index is 14.3. The van der Waals surface area contributed by atoms with Crippen molar-refractivity contribution in [3.63, 3.8) is 0 Å². The van der Waals surface area contributed by atoms with Crippen LogP contribution in [0.2, 0.25) is 0 Å². The van der Waals surface area contributed by atoms with Crippen molar-refractivity contribution < 1.29 is 38.1 Å². The van der Waals surface area contributed by atoms with Gasteiger partial charge in [0.05, 0.1) is 25.7 Å². The maximum Gasteiger partial charge on any atom is 0.324 e. The van der Waals surface area contributed by atoms with E-state index in [4.69, 9.17) is 18.9 Å². The van der Waals surface area contributed by atoms with Crippen LogP contribution < -0.4 is 5.32 Å². The molecule has 2 aromatic rings. The molecule has 0 radical (unpaired) electrons. The lowest BCUT2D eigenvalue weighted by molar-refractivity contribution is -0.170. The van der Waals surface area contributed by atoms with Gasteiger partial charge in [-0.05, 0) is 28.9 Å². The number of imide groups is 1. The first-order valence-electron chi connectivity index (χ1n) is 15.0. The van der Waals surface area contributed by atoms with Gasteiger partial charge in [0.25, 0.3) is 0 Å². The fraction of sp³-hybridized carbons (Fsp3) is 0.529. The second kappa shape index (κ2) is 18.8. The van der Waals surface area contributed by atoms with Gasteiger partial charge in [-0.15, -0.1) is 0 Å². The highest BCUT2D eigenvalue weighted by Crippen LogP contribution is 2.29. The number of hydrogen-bond donors (Lipinski definition) is 1. The van der Waals surface area contributed by atoms with Crippen molar-refractivity contribution in [1.82, 2.24) is 10.2 Å². The van der Waals surface area contributed by atoms with Crippen LogP contribution in [-0.2, 0) is 46.5 Å². The Hall–Kier alpha value is -3.76. The van der Waals surface area contributed by atoms with Gasteiger partial charge in [-0.25, -0.2) is 4.79 Å². The number of hydrogen-bond acceptors (Lipinski definition) is 8. The number of ether oxygens (including phenoxy) is 4. The molecule has 0 saturated carbocycles. The minimum atomic E-state index is -1.58. The smallest absolute Gasteiger partial charge is 0.324 e. The molecule has 1 N–H and O–H groups in total. The molecule has 0 spiro atoms. The molecule has 3 amide bonds. The molecule has 0 aliphatic heterocycles. The van der Waals surface area contributed by atoms with Crippen LogP contribution in [0.5, 0.6) is 0 Å². The van der Waals surface area contributed by atoms with Gasteiger partial charge in [-0.3, -0.25) is 19.3 Å². The van der Waals surface area contributed by atoms with E-state index in [1.54, 1.807) is 31.4 Å². The first-order chi connectivity index (χ1) is 20.9. The summed E-state index contributed by atoms with van der Waals surface area (Å²) in [5.74, 6) is -5.28. The Morgan fingerprint density at radius 1 is 0.795 bits per heavy atom. The zero-order valence-corrected chi connectivity index (χ0v) is 26.9. The monoisotopic (exact) mass is 612 g/mol. The fourth-order valence-electron chi connectivity index (χ4n) is 4.44. The van der Waals surface area contributed by atoms with Crippen molar-refractivity contribution in [2.24, 2.45) is 23.2 Å². The Balaban J connectivity index is 2.37. The Morgan fingerprint density at radius 3 is 1.77 bits per heavy atom. The van der Waals surface area contributed by atoms with Crippen LogP contribution in [0.1, 0.15) is 52.2 Å². The van der Waals surface area contributed by atoms with E-state index >= 15 is 0 Å². The second-order valence-electron chi connectivity index (χ2n) is 12.2. The number of rotatable bonds is 17. The van der Waals surface area contributed by atoms with E-state index in [1.165, 1.54) is 0 Å². The zero-order chi connectivity index (χ0) is 32.5. The number of esters is 2. The predicted octanol–water partition coefficient (Wildman–Crippen LogP) is 5.00. The summed E-state index contributed by atoms with van der Waals surface area (Å²) in [6.07, 6.45) is 0.151. The number of methoxy groups -OCH3 is 1. The quantitative estimate of drug-likeness (QED) is 0.151. The summed E-state index contributed by atoms with van der Waals surface area (Å²) in [7, 11) is 1.57. The van der Waals surface area contributed by atoms with Crippen molar-refractivity contribution in [3.8, 4) is 0 Å². The Morgan fingerprint density at radius 2 is 1.32 bits per heavy atom. The molecule has 2 rings (SSSR count). The molecule has 0 bridgehead atoms. The molecule has 0 aliphatic carbocycles. The van der Waals surface area contributed by atoms with Crippen LogP contribution in [0.25, 0.3) is 0 Å². The van der Waals surface area contributed by atoms with Crippen molar-refractivity contribution >= 4 is 23.9 Å². The van der Waals surface area contributed by atoms with Gasteiger partial charge in [0.15, 0.2) is 5.92 Å². The van der Waals surface area contributed by atoms with Crippen LogP contribution >= 0.6 is 0 Å². The number of benzene rings is 2. The van der Waals surface area contributed by atoms with Crippen LogP contribution in [0, 0.1) is 23.2 Å². The zero-order valence-electron chi connectivity index (χ0n) is 26.9. The molecule has 0 aliphatic rings. The van der Waals surface area contributed by atoms with Crippen LogP contribution in [0.4, 0.5) is 4.79 Å². The molecule has 0 saturated heterocycles. The topological polar surface area (TPSA) is 120 Å². The third-order valence-corrected chi connectivity index (χ3v) is 6.50. The van der Waals surface area contributed by atoms with Crippen LogP contribution in [0.15, 0.2) is 60.7 Å². The van der Waals surface area contributed by atoms with Gasteiger partial charge in [-0.2, -0.15) is 0 Å². The number of carbonyl (C=O) groups excluding carboxylic acids is 4. The summed E-state index contributed by atoms with van der Waals surface area (Å²) < 4.78 is 21.6. The normalized spacial score (nSPS) is 12.1. The molecular weight excluding hydrogens is 564 g/mol. The number of urea groups is 1. The van der Waals surface area contributed by atoms with Crippen LogP contribution in [-0.4, -0.2) is 68.8 Å². The van der Waals surface area contributed by atoms with E-state index in [-0.39, 0.29) is 45.2 Å². The first-order valence-corrected chi connectivity index (χ1v) is 15.0. The Labute approximate surface area is 261 Å². The third-order valence-electron chi connectivity index (χ3n) is 6.50. The molecular formula is C34H48N2O8. The van der Waals surface area contributed by atoms with E-state index in [1.807, 2.05) is 71.0 Å². The van der Waals surface area contributed by atoms with E-state index in [0.717, 1.165) is 16.0 Å². The summed E-state index contributed by atoms with van der Waals surface area (Å²) in [6.45, 7) is 10.5. The van der Waals surface area contributed by atoms with Gasteiger partial charge in [0.2, 0.25) is 5.91 Å². The summed E-state index contributed by atoms with van der Waals surface area (Å²) in [5, 5.41) is 2.73. The third kappa shape index (κ3) is 13.3. The fourth-order valence-corrected chi connectivity index (χ4v) is 4.44. The molecule has 0 heterocycles. The number of amides is 3. The summed E-state index contributed by atoms with van der Waals surface area (Å²) >= 11 is 0. The SMILES string of the molecule is COCCOCCNC(=O)N(CC(C)(C)C)C(=O)[C@@H](CC(C)C)C(C(=O)OCc1ccccc1)C(=O)OCc1ccccc1. The number of nitrogens with zero attached hydrogens (tertiary/aromatic N) is 1. The average Bonchev–Trinajstić information content (AvgIpc) is 2.99. The average molecular weight is 613 g/mol. The summed E-state index contributed by atoms with van der Waals surface area (Å²) in [5.41, 5.74) is 0.984. The largest absolute Gasteiger partial charge is 0.460 e. The van der Waals surface area contributed by atoms with Crippen molar-refractivity contribution in [2.75, 3.05) is 40.0 Å². The van der Waals surface area contributed by atoms with Gasteiger partial charge in [-0.1, -0.05) is 95.3 Å². The van der Waals surface area contributed by atoms with Crippen molar-refractivity contribution in [1.29, 1.82) is 0 Å².